The second kappa shape index (κ2) is 11.5. The molecule has 188 valence electrons. The minimum Gasteiger partial charge on any atom is -0.497 e. The van der Waals surface area contributed by atoms with Crippen molar-refractivity contribution in [2.24, 2.45) is 11.8 Å². The van der Waals surface area contributed by atoms with Crippen molar-refractivity contribution in [2.75, 3.05) is 51.3 Å². The van der Waals surface area contributed by atoms with Gasteiger partial charge in [0.1, 0.15) is 5.75 Å². The van der Waals surface area contributed by atoms with Gasteiger partial charge in [-0.2, -0.15) is 0 Å². The average molecular weight is 480 g/mol. The van der Waals surface area contributed by atoms with Gasteiger partial charge in [0.2, 0.25) is 11.8 Å². The zero-order chi connectivity index (χ0) is 24.8. The second-order valence-corrected chi connectivity index (χ2v) is 9.73. The van der Waals surface area contributed by atoms with Gasteiger partial charge in [-0.15, -0.1) is 10.2 Å². The molecule has 0 N–H and O–H groups in total. The van der Waals surface area contributed by atoms with E-state index in [0.717, 1.165) is 48.5 Å². The molecule has 2 aliphatic rings. The molecule has 4 rings (SSSR count). The van der Waals surface area contributed by atoms with Gasteiger partial charge < -0.3 is 19.4 Å². The molecule has 2 aromatic rings. The summed E-state index contributed by atoms with van der Waals surface area (Å²) in [5.74, 6) is 2.33. The first kappa shape index (κ1) is 24.9. The molecule has 1 aromatic heterocycles. The smallest absolute Gasteiger partial charge is 0.242 e. The number of carbonyl (C=O) groups excluding carboxylic acids is 2. The van der Waals surface area contributed by atoms with Crippen LogP contribution in [0.4, 0.5) is 5.82 Å². The summed E-state index contributed by atoms with van der Waals surface area (Å²) in [6, 6.07) is 11.7. The highest BCUT2D eigenvalue weighted by Crippen LogP contribution is 2.29. The van der Waals surface area contributed by atoms with Gasteiger partial charge in [0.15, 0.2) is 5.82 Å². The number of aromatic nitrogens is 2. The Kier molecular flexibility index (Phi) is 8.21. The molecule has 2 heterocycles. The molecule has 35 heavy (non-hydrogen) atoms. The molecule has 1 saturated heterocycles. The molecule has 0 radical (unpaired) electrons. The average Bonchev–Trinajstić information content (AvgIpc) is 2.87. The van der Waals surface area contributed by atoms with Crippen molar-refractivity contribution in [2.45, 2.75) is 39.5 Å². The third kappa shape index (κ3) is 6.10. The van der Waals surface area contributed by atoms with E-state index in [0.29, 0.717) is 38.6 Å². The molecule has 2 fully saturated rings. The predicted octanol–water partition coefficient (Wildman–Crippen LogP) is 3.48. The lowest BCUT2D eigenvalue weighted by molar-refractivity contribution is -0.145. The Morgan fingerprint density at radius 3 is 2.31 bits per heavy atom. The first-order chi connectivity index (χ1) is 17.0. The standard InChI is InChI=1S/C27H37N5O3/c1-4-20(2)18-32(27(34)22-6-5-7-22)19-26(33)31-16-14-30(15-17-31)25-13-12-24(28-29-25)21-8-10-23(35-3)11-9-21/h8-13,20,22H,4-7,14-19H2,1-3H3. The number of rotatable bonds is 9. The SMILES string of the molecule is CCC(C)CN(CC(=O)N1CCN(c2ccc(-c3ccc(OC)cc3)nn2)CC1)C(=O)C1CCC1. The van der Waals surface area contributed by atoms with E-state index < -0.39 is 0 Å². The fraction of sp³-hybridized carbons (Fsp3) is 0.556. The molecule has 1 saturated carbocycles. The third-order valence-corrected chi connectivity index (χ3v) is 7.31. The molecule has 1 atom stereocenters. The van der Waals surface area contributed by atoms with Crippen molar-refractivity contribution in [3.8, 4) is 17.0 Å². The quantitative estimate of drug-likeness (QED) is 0.548. The minimum atomic E-state index is 0.0431. The van der Waals surface area contributed by atoms with Crippen LogP contribution in [-0.4, -0.2) is 78.2 Å². The van der Waals surface area contributed by atoms with Crippen LogP contribution in [-0.2, 0) is 9.59 Å². The second-order valence-electron chi connectivity index (χ2n) is 9.73. The highest BCUT2D eigenvalue weighted by Gasteiger charge is 2.32. The Labute approximate surface area is 208 Å². The van der Waals surface area contributed by atoms with Gasteiger partial charge in [-0.05, 0) is 55.2 Å². The maximum Gasteiger partial charge on any atom is 0.242 e. The summed E-state index contributed by atoms with van der Waals surface area (Å²) in [6.07, 6.45) is 4.04. The van der Waals surface area contributed by atoms with Crippen LogP contribution in [0.2, 0.25) is 0 Å². The molecular formula is C27H37N5O3. The molecule has 0 bridgehead atoms. The Bertz CT molecular complexity index is 983. The van der Waals surface area contributed by atoms with Crippen molar-refractivity contribution in [3.63, 3.8) is 0 Å². The highest BCUT2D eigenvalue weighted by atomic mass is 16.5. The summed E-state index contributed by atoms with van der Waals surface area (Å²) >= 11 is 0. The Hall–Kier alpha value is -3.16. The maximum absolute atomic E-state index is 13.1. The topological polar surface area (TPSA) is 78.9 Å². The summed E-state index contributed by atoms with van der Waals surface area (Å²) in [4.78, 5) is 31.9. The number of benzene rings is 1. The lowest BCUT2D eigenvalue weighted by atomic mass is 9.84. The van der Waals surface area contributed by atoms with Crippen LogP contribution < -0.4 is 9.64 Å². The lowest BCUT2D eigenvalue weighted by Gasteiger charge is -2.37. The monoisotopic (exact) mass is 479 g/mol. The number of ether oxygens (including phenoxy) is 1. The first-order valence-corrected chi connectivity index (χ1v) is 12.8. The van der Waals surface area contributed by atoms with Crippen LogP contribution in [0, 0.1) is 11.8 Å². The van der Waals surface area contributed by atoms with Crippen LogP contribution in [0.5, 0.6) is 5.75 Å². The van der Waals surface area contributed by atoms with Gasteiger partial charge in [-0.1, -0.05) is 26.7 Å². The first-order valence-electron chi connectivity index (χ1n) is 12.8. The highest BCUT2D eigenvalue weighted by molar-refractivity contribution is 5.86. The molecule has 8 heteroatoms. The van der Waals surface area contributed by atoms with Gasteiger partial charge in [-0.3, -0.25) is 9.59 Å². The minimum absolute atomic E-state index is 0.0431. The predicted molar refractivity (Wildman–Crippen MR) is 136 cm³/mol. The van der Waals surface area contributed by atoms with Gasteiger partial charge in [-0.25, -0.2) is 0 Å². The largest absolute Gasteiger partial charge is 0.497 e. The molecular weight excluding hydrogens is 442 g/mol. The number of carbonyl (C=O) groups is 2. The van der Waals surface area contributed by atoms with Crippen molar-refractivity contribution in [1.29, 1.82) is 0 Å². The van der Waals surface area contributed by atoms with E-state index in [1.54, 1.807) is 7.11 Å². The number of nitrogens with zero attached hydrogens (tertiary/aromatic N) is 5. The van der Waals surface area contributed by atoms with E-state index in [9.17, 15) is 9.59 Å². The zero-order valence-corrected chi connectivity index (χ0v) is 21.2. The van der Waals surface area contributed by atoms with Crippen LogP contribution in [0.3, 0.4) is 0 Å². The van der Waals surface area contributed by atoms with Crippen molar-refractivity contribution >= 4 is 17.6 Å². The number of hydrogen-bond donors (Lipinski definition) is 0. The summed E-state index contributed by atoms with van der Waals surface area (Å²) in [5.41, 5.74) is 1.79. The van der Waals surface area contributed by atoms with Gasteiger partial charge in [0.25, 0.3) is 0 Å². The molecule has 2 amide bonds. The number of methoxy groups -OCH3 is 1. The van der Waals surface area contributed by atoms with Crippen LogP contribution in [0.15, 0.2) is 36.4 Å². The van der Waals surface area contributed by atoms with Gasteiger partial charge in [0, 0.05) is 44.2 Å². The fourth-order valence-corrected chi connectivity index (χ4v) is 4.51. The third-order valence-electron chi connectivity index (χ3n) is 7.31. The van der Waals surface area contributed by atoms with Crippen molar-refractivity contribution in [3.05, 3.63) is 36.4 Å². The van der Waals surface area contributed by atoms with Gasteiger partial charge in [0.05, 0.1) is 19.3 Å². The molecule has 0 spiro atoms. The fourth-order valence-electron chi connectivity index (χ4n) is 4.51. The van der Waals surface area contributed by atoms with E-state index in [1.807, 2.05) is 46.2 Å². The van der Waals surface area contributed by atoms with E-state index in [2.05, 4.69) is 28.9 Å². The summed E-state index contributed by atoms with van der Waals surface area (Å²) < 4.78 is 5.21. The van der Waals surface area contributed by atoms with E-state index in [1.165, 1.54) is 0 Å². The molecule has 1 aliphatic heterocycles. The molecule has 1 aliphatic carbocycles. The summed E-state index contributed by atoms with van der Waals surface area (Å²) in [6.45, 7) is 7.76. The van der Waals surface area contributed by atoms with E-state index in [-0.39, 0.29) is 24.3 Å². The van der Waals surface area contributed by atoms with Crippen LogP contribution in [0.25, 0.3) is 11.3 Å². The van der Waals surface area contributed by atoms with Gasteiger partial charge >= 0.3 is 0 Å². The van der Waals surface area contributed by atoms with E-state index in [4.69, 9.17) is 4.74 Å². The Morgan fingerprint density at radius 1 is 1.06 bits per heavy atom. The van der Waals surface area contributed by atoms with Crippen molar-refractivity contribution < 1.29 is 14.3 Å². The number of anilines is 1. The van der Waals surface area contributed by atoms with E-state index >= 15 is 0 Å². The number of piperazine rings is 1. The van der Waals surface area contributed by atoms with Crippen LogP contribution >= 0.6 is 0 Å². The Morgan fingerprint density at radius 2 is 1.77 bits per heavy atom. The van der Waals surface area contributed by atoms with Crippen LogP contribution in [0.1, 0.15) is 39.5 Å². The summed E-state index contributed by atoms with van der Waals surface area (Å²) in [7, 11) is 1.65. The molecule has 1 aromatic carbocycles. The van der Waals surface area contributed by atoms with Crippen molar-refractivity contribution in [1.82, 2.24) is 20.0 Å². The molecule has 8 nitrogen and oxygen atoms in total. The summed E-state index contributed by atoms with van der Waals surface area (Å²) in [5, 5.41) is 8.83. The Balaban J connectivity index is 1.31. The normalized spacial score (nSPS) is 17.0. The maximum atomic E-state index is 13.1. The lowest BCUT2D eigenvalue weighted by Crippen LogP contribution is -2.53. The number of hydrogen-bond acceptors (Lipinski definition) is 6. The number of amides is 2. The molecule has 1 unspecified atom stereocenters. The zero-order valence-electron chi connectivity index (χ0n) is 21.2.